The monoisotopic (exact) mass is 311 g/mol. The average molecular weight is 312 g/mol. The highest BCUT2D eigenvalue weighted by Crippen LogP contribution is 2.21. The van der Waals surface area contributed by atoms with E-state index in [1.165, 1.54) is 0 Å². The van der Waals surface area contributed by atoms with E-state index in [1.54, 1.807) is 23.1 Å². The Morgan fingerprint density at radius 3 is 3.00 bits per heavy atom. The largest absolute Gasteiger partial charge is 0.399 e. The number of rotatable bonds is 1. The molecular formula is C12H14BrN3O2. The van der Waals surface area contributed by atoms with Gasteiger partial charge < -0.3 is 16.0 Å². The summed E-state index contributed by atoms with van der Waals surface area (Å²) in [5.41, 5.74) is 6.70. The van der Waals surface area contributed by atoms with Gasteiger partial charge in [-0.25, -0.2) is 0 Å². The van der Waals surface area contributed by atoms with E-state index in [4.69, 9.17) is 5.73 Å². The van der Waals surface area contributed by atoms with Crippen LogP contribution in [-0.2, 0) is 4.79 Å². The zero-order valence-corrected chi connectivity index (χ0v) is 11.4. The number of nitrogens with zero attached hydrogens (tertiary/aromatic N) is 1. The minimum Gasteiger partial charge on any atom is -0.399 e. The lowest BCUT2D eigenvalue weighted by atomic mass is 10.1. The van der Waals surface area contributed by atoms with E-state index < -0.39 is 0 Å². The summed E-state index contributed by atoms with van der Waals surface area (Å²) >= 11 is 3.33. The predicted molar refractivity (Wildman–Crippen MR) is 72.1 cm³/mol. The van der Waals surface area contributed by atoms with Crippen molar-refractivity contribution >= 4 is 33.4 Å². The topological polar surface area (TPSA) is 75.4 Å². The second-order valence-electron chi connectivity index (χ2n) is 4.17. The number of amides is 2. The fraction of sp³-hybridized carbons (Fsp3) is 0.333. The first-order valence-corrected chi connectivity index (χ1v) is 6.48. The van der Waals surface area contributed by atoms with E-state index in [2.05, 4.69) is 21.2 Å². The molecule has 0 bridgehead atoms. The first-order valence-electron chi connectivity index (χ1n) is 5.69. The zero-order chi connectivity index (χ0) is 13.1. The summed E-state index contributed by atoms with van der Waals surface area (Å²) in [6.07, 6.45) is 0.761. The van der Waals surface area contributed by atoms with Gasteiger partial charge in [0.05, 0.1) is 12.1 Å². The van der Waals surface area contributed by atoms with E-state index in [9.17, 15) is 9.59 Å². The summed E-state index contributed by atoms with van der Waals surface area (Å²) in [6.45, 7) is 1.28. The maximum atomic E-state index is 12.3. The standard InChI is InChI=1S/C12H14BrN3O2/c13-10-3-2-8(14)6-9(10)12(18)16-5-1-4-15-11(17)7-16/h2-3,6H,1,4-5,7,14H2,(H,15,17). The molecule has 6 heteroatoms. The Hall–Kier alpha value is -1.56. The first kappa shape index (κ1) is 12.9. The van der Waals surface area contributed by atoms with E-state index >= 15 is 0 Å². The van der Waals surface area contributed by atoms with Crippen molar-refractivity contribution in [2.45, 2.75) is 6.42 Å². The van der Waals surface area contributed by atoms with Crippen LogP contribution in [0.5, 0.6) is 0 Å². The number of anilines is 1. The van der Waals surface area contributed by atoms with E-state index in [0.29, 0.717) is 28.8 Å². The number of nitrogens with one attached hydrogen (secondary N) is 1. The highest BCUT2D eigenvalue weighted by Gasteiger charge is 2.22. The molecule has 1 aliphatic rings. The van der Waals surface area contributed by atoms with Gasteiger partial charge in [0.2, 0.25) is 5.91 Å². The highest BCUT2D eigenvalue weighted by atomic mass is 79.9. The van der Waals surface area contributed by atoms with Crippen molar-refractivity contribution < 1.29 is 9.59 Å². The lowest BCUT2D eigenvalue weighted by Crippen LogP contribution is -2.37. The van der Waals surface area contributed by atoms with E-state index in [1.807, 2.05) is 0 Å². The minimum absolute atomic E-state index is 0.0973. The lowest BCUT2D eigenvalue weighted by Gasteiger charge is -2.19. The van der Waals surface area contributed by atoms with Crippen molar-refractivity contribution in [2.75, 3.05) is 25.4 Å². The summed E-state index contributed by atoms with van der Waals surface area (Å²) in [6, 6.07) is 5.08. The van der Waals surface area contributed by atoms with Crippen LogP contribution in [0, 0.1) is 0 Å². The molecule has 0 spiro atoms. The maximum Gasteiger partial charge on any atom is 0.255 e. The molecule has 1 fully saturated rings. The van der Waals surface area contributed by atoms with Gasteiger partial charge in [0.1, 0.15) is 0 Å². The number of carbonyl (C=O) groups is 2. The Kier molecular flexibility index (Phi) is 3.86. The Morgan fingerprint density at radius 1 is 1.44 bits per heavy atom. The smallest absolute Gasteiger partial charge is 0.255 e. The lowest BCUT2D eigenvalue weighted by molar-refractivity contribution is -0.121. The molecule has 1 heterocycles. The van der Waals surface area contributed by atoms with Gasteiger partial charge in [-0.15, -0.1) is 0 Å². The number of nitrogens with two attached hydrogens (primary N) is 1. The van der Waals surface area contributed by atoms with Crippen molar-refractivity contribution in [1.82, 2.24) is 10.2 Å². The van der Waals surface area contributed by atoms with Gasteiger partial charge in [-0.1, -0.05) is 0 Å². The second kappa shape index (κ2) is 5.39. The Balaban J connectivity index is 2.24. The van der Waals surface area contributed by atoms with Crippen LogP contribution < -0.4 is 11.1 Å². The molecule has 1 aliphatic heterocycles. The number of nitrogen functional groups attached to an aromatic ring is 1. The first-order chi connectivity index (χ1) is 8.58. The predicted octanol–water partition coefficient (Wildman–Crippen LogP) is 0.993. The van der Waals surface area contributed by atoms with Gasteiger partial charge in [0.25, 0.3) is 5.91 Å². The Morgan fingerprint density at radius 2 is 2.22 bits per heavy atom. The van der Waals surface area contributed by atoms with Crippen LogP contribution in [0.25, 0.3) is 0 Å². The van der Waals surface area contributed by atoms with Crippen LogP contribution >= 0.6 is 15.9 Å². The molecule has 1 aromatic carbocycles. The second-order valence-corrected chi connectivity index (χ2v) is 5.02. The molecule has 0 unspecified atom stereocenters. The SMILES string of the molecule is Nc1ccc(Br)c(C(=O)N2CCCNC(=O)C2)c1. The fourth-order valence-corrected chi connectivity index (χ4v) is 2.27. The summed E-state index contributed by atoms with van der Waals surface area (Å²) in [5.74, 6) is -0.299. The number of halogens is 1. The third-order valence-corrected chi connectivity index (χ3v) is 3.46. The molecule has 0 aliphatic carbocycles. The number of hydrogen-bond donors (Lipinski definition) is 2. The molecule has 0 saturated carbocycles. The number of carbonyl (C=O) groups excluding carboxylic acids is 2. The van der Waals surface area contributed by atoms with Crippen LogP contribution in [-0.4, -0.2) is 36.3 Å². The van der Waals surface area contributed by atoms with Crippen molar-refractivity contribution in [3.8, 4) is 0 Å². The van der Waals surface area contributed by atoms with Crippen molar-refractivity contribution in [3.05, 3.63) is 28.2 Å². The average Bonchev–Trinajstić information content (AvgIpc) is 2.56. The van der Waals surface area contributed by atoms with Gasteiger partial charge in [-0.3, -0.25) is 9.59 Å². The fourth-order valence-electron chi connectivity index (χ4n) is 1.86. The normalized spacial score (nSPS) is 16.1. The third kappa shape index (κ3) is 2.81. The van der Waals surface area contributed by atoms with Crippen molar-refractivity contribution in [3.63, 3.8) is 0 Å². The van der Waals surface area contributed by atoms with Crippen LogP contribution in [0.4, 0.5) is 5.69 Å². The van der Waals surface area contributed by atoms with Gasteiger partial charge in [0, 0.05) is 23.2 Å². The van der Waals surface area contributed by atoms with Crippen LogP contribution in [0.1, 0.15) is 16.8 Å². The van der Waals surface area contributed by atoms with E-state index in [0.717, 1.165) is 6.42 Å². The Labute approximate surface area is 113 Å². The summed E-state index contributed by atoms with van der Waals surface area (Å²) < 4.78 is 0.686. The summed E-state index contributed by atoms with van der Waals surface area (Å²) in [5, 5.41) is 2.74. The van der Waals surface area contributed by atoms with Crippen LogP contribution in [0.15, 0.2) is 22.7 Å². The molecular weight excluding hydrogens is 298 g/mol. The molecule has 18 heavy (non-hydrogen) atoms. The third-order valence-electron chi connectivity index (χ3n) is 2.77. The van der Waals surface area contributed by atoms with Crippen molar-refractivity contribution in [1.29, 1.82) is 0 Å². The molecule has 5 nitrogen and oxygen atoms in total. The molecule has 3 N–H and O–H groups in total. The molecule has 0 aromatic heterocycles. The molecule has 1 saturated heterocycles. The number of benzene rings is 1. The van der Waals surface area contributed by atoms with Crippen molar-refractivity contribution in [2.24, 2.45) is 0 Å². The van der Waals surface area contributed by atoms with Gasteiger partial charge in [0.15, 0.2) is 0 Å². The minimum atomic E-state index is -0.175. The van der Waals surface area contributed by atoms with Gasteiger partial charge in [-0.05, 0) is 40.5 Å². The molecule has 0 atom stereocenters. The molecule has 0 radical (unpaired) electrons. The summed E-state index contributed by atoms with van der Waals surface area (Å²) in [4.78, 5) is 25.3. The molecule has 2 amide bonds. The molecule has 2 rings (SSSR count). The quantitative estimate of drug-likeness (QED) is 0.760. The molecule has 1 aromatic rings. The zero-order valence-electron chi connectivity index (χ0n) is 9.78. The highest BCUT2D eigenvalue weighted by molar-refractivity contribution is 9.10. The number of hydrogen-bond acceptors (Lipinski definition) is 3. The maximum absolute atomic E-state index is 12.3. The van der Waals surface area contributed by atoms with Crippen LogP contribution in [0.3, 0.4) is 0 Å². The Bertz CT molecular complexity index is 490. The molecule has 96 valence electrons. The van der Waals surface area contributed by atoms with Gasteiger partial charge >= 0.3 is 0 Å². The summed E-state index contributed by atoms with van der Waals surface area (Å²) in [7, 11) is 0. The van der Waals surface area contributed by atoms with E-state index in [-0.39, 0.29) is 18.4 Å². The van der Waals surface area contributed by atoms with Gasteiger partial charge in [-0.2, -0.15) is 0 Å². The van der Waals surface area contributed by atoms with Crippen LogP contribution in [0.2, 0.25) is 0 Å².